The van der Waals surface area contributed by atoms with Crippen molar-refractivity contribution in [1.82, 2.24) is 14.8 Å². The van der Waals surface area contributed by atoms with Crippen LogP contribution in [0.2, 0.25) is 0 Å². The highest BCUT2D eigenvalue weighted by Gasteiger charge is 2.15. The predicted molar refractivity (Wildman–Crippen MR) is 99.7 cm³/mol. The van der Waals surface area contributed by atoms with Crippen molar-refractivity contribution in [3.8, 4) is 5.13 Å². The molecule has 0 saturated carbocycles. The maximum Gasteiger partial charge on any atom is 0.276 e. The van der Waals surface area contributed by atoms with Gasteiger partial charge in [-0.2, -0.15) is 4.68 Å². The van der Waals surface area contributed by atoms with Crippen molar-refractivity contribution in [2.24, 2.45) is 0 Å². The van der Waals surface area contributed by atoms with Crippen LogP contribution in [0, 0.1) is 20.8 Å². The molecule has 2 heterocycles. The third-order valence-electron chi connectivity index (χ3n) is 3.90. The van der Waals surface area contributed by atoms with E-state index < -0.39 is 0 Å². The molecule has 2 aromatic heterocycles. The first kappa shape index (κ1) is 17.2. The van der Waals surface area contributed by atoms with E-state index in [9.17, 15) is 9.59 Å². The minimum absolute atomic E-state index is 0.109. The SMILES string of the molecule is Cc1cccc(NC(=O)CCc2c(C)[nH]n(-c3nc(C)cs3)c2=O)c1. The number of carbonyl (C=O) groups is 1. The first-order chi connectivity index (χ1) is 11.9. The molecule has 0 spiro atoms. The van der Waals surface area contributed by atoms with E-state index in [1.807, 2.05) is 50.4 Å². The van der Waals surface area contributed by atoms with Crippen molar-refractivity contribution in [3.05, 3.63) is 62.5 Å². The molecule has 0 atom stereocenters. The summed E-state index contributed by atoms with van der Waals surface area (Å²) in [6.07, 6.45) is 0.634. The van der Waals surface area contributed by atoms with Gasteiger partial charge in [-0.1, -0.05) is 12.1 Å². The fourth-order valence-electron chi connectivity index (χ4n) is 2.64. The van der Waals surface area contributed by atoms with E-state index in [1.165, 1.54) is 16.0 Å². The van der Waals surface area contributed by atoms with Gasteiger partial charge in [0, 0.05) is 28.7 Å². The summed E-state index contributed by atoms with van der Waals surface area (Å²) in [6, 6.07) is 7.64. The van der Waals surface area contributed by atoms with Crippen LogP contribution in [0.5, 0.6) is 0 Å². The number of carbonyl (C=O) groups excluding carboxylic acids is 1. The summed E-state index contributed by atoms with van der Waals surface area (Å²) >= 11 is 1.41. The lowest BCUT2D eigenvalue weighted by atomic mass is 10.1. The Morgan fingerprint density at radius 1 is 1.32 bits per heavy atom. The first-order valence-electron chi connectivity index (χ1n) is 8.03. The fourth-order valence-corrected chi connectivity index (χ4v) is 3.40. The molecule has 3 rings (SSSR count). The number of nitrogens with zero attached hydrogens (tertiary/aromatic N) is 2. The number of hydrogen-bond donors (Lipinski definition) is 2. The Hall–Kier alpha value is -2.67. The molecular formula is C18H20N4O2S. The zero-order valence-electron chi connectivity index (χ0n) is 14.4. The molecule has 7 heteroatoms. The zero-order chi connectivity index (χ0) is 18.0. The molecule has 6 nitrogen and oxygen atoms in total. The van der Waals surface area contributed by atoms with Crippen LogP contribution in [0.15, 0.2) is 34.4 Å². The van der Waals surface area contributed by atoms with E-state index in [1.54, 1.807) is 0 Å². The quantitative estimate of drug-likeness (QED) is 0.737. The molecule has 0 unspecified atom stereocenters. The van der Waals surface area contributed by atoms with Gasteiger partial charge in [0.25, 0.3) is 5.56 Å². The van der Waals surface area contributed by atoms with Crippen molar-refractivity contribution in [3.63, 3.8) is 0 Å². The zero-order valence-corrected chi connectivity index (χ0v) is 15.2. The molecule has 3 aromatic rings. The number of rotatable bonds is 5. The third kappa shape index (κ3) is 3.88. The van der Waals surface area contributed by atoms with Gasteiger partial charge in [0.15, 0.2) is 0 Å². The predicted octanol–water partition coefficient (Wildman–Crippen LogP) is 3.12. The number of anilines is 1. The molecule has 25 heavy (non-hydrogen) atoms. The van der Waals surface area contributed by atoms with Gasteiger partial charge in [0.05, 0.1) is 5.69 Å². The molecule has 2 N–H and O–H groups in total. The monoisotopic (exact) mass is 356 g/mol. The lowest BCUT2D eigenvalue weighted by Crippen LogP contribution is -2.19. The van der Waals surface area contributed by atoms with Crippen LogP contribution >= 0.6 is 11.3 Å². The summed E-state index contributed by atoms with van der Waals surface area (Å²) in [7, 11) is 0. The number of benzene rings is 1. The van der Waals surface area contributed by atoms with Crippen molar-refractivity contribution in [2.75, 3.05) is 5.32 Å². The molecule has 1 aromatic carbocycles. The number of aromatic nitrogens is 3. The topological polar surface area (TPSA) is 79.8 Å². The van der Waals surface area contributed by atoms with E-state index in [0.717, 1.165) is 22.6 Å². The molecule has 0 aliphatic heterocycles. The third-order valence-corrected chi connectivity index (χ3v) is 4.84. The Bertz CT molecular complexity index is 968. The van der Waals surface area contributed by atoms with Crippen LogP contribution in [-0.4, -0.2) is 20.7 Å². The van der Waals surface area contributed by atoms with E-state index >= 15 is 0 Å². The minimum Gasteiger partial charge on any atom is -0.326 e. The maximum absolute atomic E-state index is 12.6. The smallest absolute Gasteiger partial charge is 0.276 e. The molecule has 1 amide bonds. The number of nitrogens with one attached hydrogen (secondary N) is 2. The average molecular weight is 356 g/mol. The highest BCUT2D eigenvalue weighted by atomic mass is 32.1. The second-order valence-corrected chi connectivity index (χ2v) is 6.88. The number of thiazole rings is 1. The van der Waals surface area contributed by atoms with Crippen LogP contribution in [-0.2, 0) is 11.2 Å². The van der Waals surface area contributed by atoms with Gasteiger partial charge < -0.3 is 5.32 Å². The minimum atomic E-state index is -0.143. The van der Waals surface area contributed by atoms with Crippen LogP contribution in [0.4, 0.5) is 5.69 Å². The van der Waals surface area contributed by atoms with Gasteiger partial charge in [-0.3, -0.25) is 14.7 Å². The van der Waals surface area contributed by atoms with Gasteiger partial charge in [0.1, 0.15) is 0 Å². The maximum atomic E-state index is 12.6. The molecular weight excluding hydrogens is 336 g/mol. The van der Waals surface area contributed by atoms with E-state index in [4.69, 9.17) is 0 Å². The number of hydrogen-bond acceptors (Lipinski definition) is 4. The summed E-state index contributed by atoms with van der Waals surface area (Å²) < 4.78 is 1.45. The summed E-state index contributed by atoms with van der Waals surface area (Å²) in [6.45, 7) is 5.70. The number of aryl methyl sites for hydroxylation is 3. The fraction of sp³-hybridized carbons (Fsp3) is 0.278. The lowest BCUT2D eigenvalue weighted by molar-refractivity contribution is -0.116. The largest absolute Gasteiger partial charge is 0.326 e. The second-order valence-electron chi connectivity index (χ2n) is 6.05. The van der Waals surface area contributed by atoms with E-state index in [2.05, 4.69) is 15.4 Å². The first-order valence-corrected chi connectivity index (χ1v) is 8.91. The average Bonchev–Trinajstić information content (AvgIpc) is 3.09. The Morgan fingerprint density at radius 3 is 2.80 bits per heavy atom. The van der Waals surface area contributed by atoms with E-state index in [-0.39, 0.29) is 17.9 Å². The van der Waals surface area contributed by atoms with Gasteiger partial charge >= 0.3 is 0 Å². The lowest BCUT2D eigenvalue weighted by Gasteiger charge is -2.05. The Labute approximate surface area is 149 Å². The van der Waals surface area contributed by atoms with Crippen molar-refractivity contribution in [1.29, 1.82) is 0 Å². The van der Waals surface area contributed by atoms with Gasteiger partial charge in [-0.25, -0.2) is 4.98 Å². The summed E-state index contributed by atoms with van der Waals surface area (Å²) in [5, 5.41) is 8.42. The summed E-state index contributed by atoms with van der Waals surface area (Å²) in [5.41, 5.74) is 3.97. The van der Waals surface area contributed by atoms with Crippen LogP contribution in [0.3, 0.4) is 0 Å². The van der Waals surface area contributed by atoms with Crippen molar-refractivity contribution in [2.45, 2.75) is 33.6 Å². The van der Waals surface area contributed by atoms with Gasteiger partial charge in [-0.15, -0.1) is 11.3 Å². The highest BCUT2D eigenvalue weighted by molar-refractivity contribution is 7.12. The van der Waals surface area contributed by atoms with E-state index in [0.29, 0.717) is 17.1 Å². The molecule has 0 saturated heterocycles. The van der Waals surface area contributed by atoms with Gasteiger partial charge in [0.2, 0.25) is 11.0 Å². The van der Waals surface area contributed by atoms with Crippen LogP contribution < -0.4 is 10.9 Å². The summed E-state index contributed by atoms with van der Waals surface area (Å²) in [5.74, 6) is -0.109. The Morgan fingerprint density at radius 2 is 2.12 bits per heavy atom. The van der Waals surface area contributed by atoms with Crippen molar-refractivity contribution >= 4 is 22.9 Å². The van der Waals surface area contributed by atoms with Crippen molar-refractivity contribution < 1.29 is 4.79 Å². The molecule has 0 aliphatic rings. The number of amides is 1. The molecule has 0 bridgehead atoms. The Kier molecular flexibility index (Phi) is 4.85. The van der Waals surface area contributed by atoms with Gasteiger partial charge in [-0.05, 0) is 44.9 Å². The number of H-pyrrole nitrogens is 1. The second kappa shape index (κ2) is 7.06. The molecule has 0 fully saturated rings. The highest BCUT2D eigenvalue weighted by Crippen LogP contribution is 2.14. The molecule has 0 aliphatic carbocycles. The molecule has 130 valence electrons. The molecule has 0 radical (unpaired) electrons. The summed E-state index contributed by atoms with van der Waals surface area (Å²) in [4.78, 5) is 29.1. The standard InChI is InChI=1S/C18H20N4O2S/c1-11-5-4-6-14(9-11)20-16(23)8-7-15-13(3)21-22(17(15)24)18-19-12(2)10-25-18/h4-6,9-10,21H,7-8H2,1-3H3,(H,20,23). The Balaban J connectivity index is 1.70. The van der Waals surface area contributed by atoms with Crippen LogP contribution in [0.1, 0.15) is 28.9 Å². The van der Waals surface area contributed by atoms with Crippen LogP contribution in [0.25, 0.3) is 5.13 Å². The number of aromatic amines is 1. The normalized spacial score (nSPS) is 10.8.